The van der Waals surface area contributed by atoms with Crippen molar-refractivity contribution < 1.29 is 37.5 Å². The first-order valence-electron chi connectivity index (χ1n) is 13.3. The number of hydrogen-bond donors (Lipinski definition) is 4. The number of nitrogens with one attached hydrogen (secondary N) is 2. The number of aromatic nitrogens is 3. The third-order valence-electron chi connectivity index (χ3n) is 6.27. The number of pyridine rings is 1. The number of methoxy groups -OCH3 is 1. The molecule has 1 amide bonds. The van der Waals surface area contributed by atoms with E-state index in [4.69, 9.17) is 19.3 Å². The molecule has 0 aliphatic rings. The number of hydrogen-bond acceptors (Lipinski definition) is 10. The Labute approximate surface area is 247 Å². The minimum absolute atomic E-state index is 0.0686. The number of fused-ring (bicyclic) bond motifs is 1. The molecule has 0 aliphatic heterocycles. The van der Waals surface area contributed by atoms with Gasteiger partial charge in [0.2, 0.25) is 0 Å². The molecule has 15 heteroatoms. The van der Waals surface area contributed by atoms with Gasteiger partial charge in [-0.25, -0.2) is 23.9 Å². The Hall–Kier alpha value is -4.20. The van der Waals surface area contributed by atoms with Crippen molar-refractivity contribution >= 4 is 42.0 Å². The Morgan fingerprint density at radius 1 is 1.05 bits per heavy atom. The third-order valence-corrected chi connectivity index (χ3v) is 6.78. The quantitative estimate of drug-likeness (QED) is 0.110. The SMILES string of the molecule is CCN(CCCOc1cc2ncnc(Nc3ccc(NC(=O)c4cccc(F)c4)nc3)c2cc1OC)CCOP(=O)(O)O. The lowest BCUT2D eigenvalue weighted by molar-refractivity contribution is 0.102. The monoisotopic (exact) mass is 614 g/mol. The molecule has 0 unspecified atom stereocenters. The Bertz CT molecular complexity index is 1590. The molecular formula is C28H32FN6O7P. The van der Waals surface area contributed by atoms with E-state index in [1.165, 1.54) is 37.8 Å². The van der Waals surface area contributed by atoms with Crippen LogP contribution in [0.5, 0.6) is 11.5 Å². The van der Waals surface area contributed by atoms with Crippen LogP contribution >= 0.6 is 7.82 Å². The molecule has 0 spiro atoms. The fourth-order valence-corrected chi connectivity index (χ4v) is 4.44. The molecule has 0 radical (unpaired) electrons. The van der Waals surface area contributed by atoms with E-state index < -0.39 is 19.5 Å². The predicted octanol–water partition coefficient (Wildman–Crippen LogP) is 4.37. The van der Waals surface area contributed by atoms with Crippen LogP contribution in [-0.2, 0) is 9.09 Å². The maximum atomic E-state index is 13.4. The first-order valence-corrected chi connectivity index (χ1v) is 14.9. The topological polar surface area (TPSA) is 168 Å². The molecular weight excluding hydrogens is 582 g/mol. The number of phosphoric ester groups is 1. The van der Waals surface area contributed by atoms with Crippen molar-refractivity contribution in [1.29, 1.82) is 0 Å². The fraction of sp³-hybridized carbons (Fsp3) is 0.286. The van der Waals surface area contributed by atoms with Crippen LogP contribution < -0.4 is 20.1 Å². The Kier molecular flexibility index (Phi) is 10.9. The van der Waals surface area contributed by atoms with Gasteiger partial charge in [0, 0.05) is 30.1 Å². The summed E-state index contributed by atoms with van der Waals surface area (Å²) >= 11 is 0. The van der Waals surface area contributed by atoms with Gasteiger partial charge >= 0.3 is 7.82 Å². The lowest BCUT2D eigenvalue weighted by Crippen LogP contribution is -2.29. The molecule has 0 saturated heterocycles. The summed E-state index contributed by atoms with van der Waals surface area (Å²) in [6.45, 7) is 3.98. The lowest BCUT2D eigenvalue weighted by Gasteiger charge is -2.20. The minimum Gasteiger partial charge on any atom is -0.493 e. The molecule has 0 fully saturated rings. The lowest BCUT2D eigenvalue weighted by atomic mass is 10.2. The third kappa shape index (κ3) is 9.40. The van der Waals surface area contributed by atoms with Crippen molar-refractivity contribution in [2.24, 2.45) is 0 Å². The molecule has 0 bridgehead atoms. The number of ether oxygens (including phenoxy) is 2. The van der Waals surface area contributed by atoms with E-state index in [-0.39, 0.29) is 12.2 Å². The van der Waals surface area contributed by atoms with Gasteiger partial charge in [-0.2, -0.15) is 0 Å². The summed E-state index contributed by atoms with van der Waals surface area (Å²) in [5, 5.41) is 6.51. The van der Waals surface area contributed by atoms with Gasteiger partial charge in [-0.05, 0) is 49.4 Å². The van der Waals surface area contributed by atoms with E-state index >= 15 is 0 Å². The second kappa shape index (κ2) is 14.8. The van der Waals surface area contributed by atoms with Crippen LogP contribution in [0.3, 0.4) is 0 Å². The summed E-state index contributed by atoms with van der Waals surface area (Å²) in [4.78, 5) is 45.0. The summed E-state index contributed by atoms with van der Waals surface area (Å²) in [6, 6.07) is 12.2. The van der Waals surface area contributed by atoms with Crippen molar-refractivity contribution in [2.45, 2.75) is 13.3 Å². The first kappa shape index (κ1) is 31.7. The van der Waals surface area contributed by atoms with Crippen LogP contribution in [0.2, 0.25) is 0 Å². The van der Waals surface area contributed by atoms with E-state index in [2.05, 4.69) is 30.1 Å². The normalized spacial score (nSPS) is 11.5. The van der Waals surface area contributed by atoms with Crippen molar-refractivity contribution in [3.05, 3.63) is 72.4 Å². The van der Waals surface area contributed by atoms with Gasteiger partial charge < -0.3 is 34.8 Å². The second-order valence-corrected chi connectivity index (χ2v) is 10.5. The molecule has 228 valence electrons. The summed E-state index contributed by atoms with van der Waals surface area (Å²) in [6.07, 6.45) is 3.61. The summed E-state index contributed by atoms with van der Waals surface area (Å²) in [7, 11) is -2.95. The van der Waals surface area contributed by atoms with Crippen LogP contribution in [0.4, 0.5) is 21.7 Å². The highest BCUT2D eigenvalue weighted by Crippen LogP contribution is 2.36. The van der Waals surface area contributed by atoms with E-state index in [0.717, 1.165) is 6.07 Å². The fourth-order valence-electron chi connectivity index (χ4n) is 4.12. The molecule has 2 aromatic carbocycles. The minimum atomic E-state index is -4.48. The number of halogens is 1. The maximum Gasteiger partial charge on any atom is 0.469 e. The number of carbonyl (C=O) groups excluding carboxylic acids is 1. The molecule has 0 aliphatic carbocycles. The Morgan fingerprint density at radius 3 is 2.58 bits per heavy atom. The highest BCUT2D eigenvalue weighted by molar-refractivity contribution is 7.46. The number of likely N-dealkylation sites (N-methyl/N-ethyl adjacent to an activating group) is 1. The molecule has 13 nitrogen and oxygen atoms in total. The molecule has 2 aromatic heterocycles. The zero-order valence-corrected chi connectivity index (χ0v) is 24.5. The van der Waals surface area contributed by atoms with Crippen LogP contribution in [0, 0.1) is 5.82 Å². The van der Waals surface area contributed by atoms with Gasteiger partial charge in [0.1, 0.15) is 23.8 Å². The van der Waals surface area contributed by atoms with Crippen molar-refractivity contribution in [1.82, 2.24) is 19.9 Å². The smallest absolute Gasteiger partial charge is 0.469 e. The van der Waals surface area contributed by atoms with Crippen LogP contribution in [0.15, 0.2) is 61.1 Å². The van der Waals surface area contributed by atoms with Crippen LogP contribution in [0.25, 0.3) is 10.9 Å². The molecule has 4 aromatic rings. The van der Waals surface area contributed by atoms with Crippen molar-refractivity contribution in [3.8, 4) is 11.5 Å². The van der Waals surface area contributed by atoms with Gasteiger partial charge in [-0.1, -0.05) is 13.0 Å². The van der Waals surface area contributed by atoms with E-state index in [1.54, 1.807) is 24.3 Å². The van der Waals surface area contributed by atoms with Gasteiger partial charge in [-0.3, -0.25) is 9.32 Å². The number of benzene rings is 2. The number of carbonyl (C=O) groups is 1. The second-order valence-electron chi connectivity index (χ2n) is 9.22. The Morgan fingerprint density at radius 2 is 1.88 bits per heavy atom. The average molecular weight is 615 g/mol. The molecule has 43 heavy (non-hydrogen) atoms. The average Bonchev–Trinajstić information content (AvgIpc) is 2.98. The highest BCUT2D eigenvalue weighted by atomic mass is 31.2. The van der Waals surface area contributed by atoms with Gasteiger partial charge in [0.15, 0.2) is 11.5 Å². The van der Waals surface area contributed by atoms with Crippen LogP contribution in [-0.4, -0.2) is 75.5 Å². The maximum absolute atomic E-state index is 13.4. The Balaban J connectivity index is 1.37. The summed E-state index contributed by atoms with van der Waals surface area (Å²) in [5.41, 5.74) is 1.41. The molecule has 0 saturated carbocycles. The number of phosphoric acid groups is 1. The summed E-state index contributed by atoms with van der Waals surface area (Å²) < 4.78 is 40.3. The summed E-state index contributed by atoms with van der Waals surface area (Å²) in [5.74, 6) is 0.818. The van der Waals surface area contributed by atoms with Gasteiger partial charge in [0.25, 0.3) is 5.91 Å². The molecule has 0 atom stereocenters. The predicted molar refractivity (Wildman–Crippen MR) is 158 cm³/mol. The number of rotatable bonds is 15. The number of amides is 1. The van der Waals surface area contributed by atoms with Crippen molar-refractivity contribution in [3.63, 3.8) is 0 Å². The molecule has 4 N–H and O–H groups in total. The highest BCUT2D eigenvalue weighted by Gasteiger charge is 2.15. The number of anilines is 3. The van der Waals surface area contributed by atoms with E-state index in [9.17, 15) is 13.8 Å². The van der Waals surface area contributed by atoms with E-state index in [0.29, 0.717) is 72.4 Å². The van der Waals surface area contributed by atoms with Crippen molar-refractivity contribution in [2.75, 3.05) is 50.6 Å². The zero-order valence-electron chi connectivity index (χ0n) is 23.6. The molecule has 2 heterocycles. The zero-order chi connectivity index (χ0) is 30.8. The van der Waals surface area contributed by atoms with Crippen LogP contribution in [0.1, 0.15) is 23.7 Å². The largest absolute Gasteiger partial charge is 0.493 e. The standard InChI is InChI=1S/C28H32FN6O7P/c1-3-35(11-13-42-43(37,38)39)10-5-12-41-25-16-23-22(15-24(25)40-2)27(32-18-31-23)33-21-8-9-26(30-17-21)34-28(36)19-6-4-7-20(29)14-19/h4,6-9,14-18H,3,5,10-13H2,1-2H3,(H,30,34,36)(H,31,32,33)(H2,37,38,39). The van der Waals surface area contributed by atoms with E-state index in [1.807, 2.05) is 11.8 Å². The van der Waals surface area contributed by atoms with Gasteiger partial charge in [0.05, 0.1) is 37.7 Å². The molecule has 4 rings (SSSR count). The number of nitrogens with zero attached hydrogens (tertiary/aromatic N) is 4. The van der Waals surface area contributed by atoms with Gasteiger partial charge in [-0.15, -0.1) is 0 Å². The first-order chi connectivity index (χ1) is 20.6.